The van der Waals surface area contributed by atoms with Crippen LogP contribution in [0.2, 0.25) is 0 Å². The molecule has 0 aliphatic heterocycles. The van der Waals surface area contributed by atoms with Crippen molar-refractivity contribution < 1.29 is 9.53 Å². The van der Waals surface area contributed by atoms with Gasteiger partial charge in [0.1, 0.15) is 0 Å². The summed E-state index contributed by atoms with van der Waals surface area (Å²) < 4.78 is 4.82. The van der Waals surface area contributed by atoms with Crippen LogP contribution < -0.4 is 0 Å². The molecular weight excluding hydrogens is 184 g/mol. The SMILES string of the molecule is CCCCCSCCC(=O)OCC. The number of ether oxygens (including phenoxy) is 1. The molecule has 0 aliphatic carbocycles. The van der Waals surface area contributed by atoms with E-state index in [9.17, 15) is 4.79 Å². The van der Waals surface area contributed by atoms with Gasteiger partial charge in [-0.15, -0.1) is 0 Å². The molecule has 3 heteroatoms. The fourth-order valence-electron chi connectivity index (χ4n) is 0.945. The van der Waals surface area contributed by atoms with E-state index in [4.69, 9.17) is 4.74 Å². The second-order valence-corrected chi connectivity index (χ2v) is 4.10. The third-order valence-corrected chi connectivity index (χ3v) is 2.72. The summed E-state index contributed by atoms with van der Waals surface area (Å²) in [5, 5.41) is 0. The molecule has 0 fully saturated rings. The summed E-state index contributed by atoms with van der Waals surface area (Å²) in [5.41, 5.74) is 0. The van der Waals surface area contributed by atoms with Crippen molar-refractivity contribution in [1.29, 1.82) is 0 Å². The maximum absolute atomic E-state index is 10.9. The molecule has 0 aromatic carbocycles. The number of carbonyl (C=O) groups is 1. The molecule has 0 rings (SSSR count). The molecule has 0 radical (unpaired) electrons. The highest BCUT2D eigenvalue weighted by molar-refractivity contribution is 7.99. The molecule has 2 nitrogen and oxygen atoms in total. The molecule has 13 heavy (non-hydrogen) atoms. The summed E-state index contributed by atoms with van der Waals surface area (Å²) in [7, 11) is 0. The third-order valence-electron chi connectivity index (χ3n) is 1.65. The Labute approximate surface area is 85.4 Å². The van der Waals surface area contributed by atoms with E-state index >= 15 is 0 Å². The smallest absolute Gasteiger partial charge is 0.306 e. The zero-order valence-corrected chi connectivity index (χ0v) is 9.49. The Morgan fingerprint density at radius 1 is 1.23 bits per heavy atom. The zero-order chi connectivity index (χ0) is 9.94. The van der Waals surface area contributed by atoms with Gasteiger partial charge in [0.15, 0.2) is 0 Å². The minimum atomic E-state index is -0.0644. The van der Waals surface area contributed by atoms with Gasteiger partial charge in [0.05, 0.1) is 13.0 Å². The van der Waals surface area contributed by atoms with E-state index in [0.29, 0.717) is 13.0 Å². The lowest BCUT2D eigenvalue weighted by atomic mass is 10.3. The van der Waals surface area contributed by atoms with Gasteiger partial charge in [0.25, 0.3) is 0 Å². The van der Waals surface area contributed by atoms with Crippen LogP contribution in [0.1, 0.15) is 39.5 Å². The molecule has 0 saturated carbocycles. The molecule has 0 bridgehead atoms. The van der Waals surface area contributed by atoms with Gasteiger partial charge in [-0.3, -0.25) is 4.79 Å². The predicted molar refractivity (Wildman–Crippen MR) is 58.1 cm³/mol. The number of rotatable bonds is 8. The molecule has 0 aromatic heterocycles. The Morgan fingerprint density at radius 2 is 2.00 bits per heavy atom. The molecule has 0 atom stereocenters. The molecule has 78 valence electrons. The first-order valence-corrected chi connectivity index (χ1v) is 6.20. The second-order valence-electron chi connectivity index (χ2n) is 2.87. The van der Waals surface area contributed by atoms with E-state index in [1.807, 2.05) is 18.7 Å². The maximum Gasteiger partial charge on any atom is 0.306 e. The molecule has 0 heterocycles. The van der Waals surface area contributed by atoms with Crippen LogP contribution >= 0.6 is 11.8 Å². The van der Waals surface area contributed by atoms with Crippen LogP contribution in [0.4, 0.5) is 0 Å². The van der Waals surface area contributed by atoms with Gasteiger partial charge in [-0.1, -0.05) is 19.8 Å². The topological polar surface area (TPSA) is 26.3 Å². The second kappa shape index (κ2) is 9.90. The molecule has 0 amide bonds. The first-order valence-electron chi connectivity index (χ1n) is 5.04. The van der Waals surface area contributed by atoms with Crippen molar-refractivity contribution in [2.45, 2.75) is 39.5 Å². The van der Waals surface area contributed by atoms with Crippen LogP contribution in [0.5, 0.6) is 0 Å². The Kier molecular flexibility index (Phi) is 9.77. The number of esters is 1. The fraction of sp³-hybridized carbons (Fsp3) is 0.900. The number of thioether (sulfide) groups is 1. The lowest BCUT2D eigenvalue weighted by Gasteiger charge is -2.01. The first-order chi connectivity index (χ1) is 6.31. The van der Waals surface area contributed by atoms with E-state index in [1.165, 1.54) is 25.0 Å². The lowest BCUT2D eigenvalue weighted by molar-refractivity contribution is -0.142. The average Bonchev–Trinajstić information content (AvgIpc) is 2.11. The molecule has 0 unspecified atom stereocenters. The molecule has 0 aliphatic rings. The summed E-state index contributed by atoms with van der Waals surface area (Å²) in [6.45, 7) is 4.54. The third kappa shape index (κ3) is 9.74. The van der Waals surface area contributed by atoms with Crippen LogP contribution in [-0.4, -0.2) is 24.1 Å². The molecule has 0 N–H and O–H groups in total. The van der Waals surface area contributed by atoms with Gasteiger partial charge in [-0.05, 0) is 19.1 Å². The van der Waals surface area contributed by atoms with Crippen molar-refractivity contribution in [2.75, 3.05) is 18.1 Å². The highest BCUT2D eigenvalue weighted by Crippen LogP contribution is 2.07. The highest BCUT2D eigenvalue weighted by atomic mass is 32.2. The van der Waals surface area contributed by atoms with Gasteiger partial charge < -0.3 is 4.74 Å². The van der Waals surface area contributed by atoms with Crippen LogP contribution in [0.3, 0.4) is 0 Å². The van der Waals surface area contributed by atoms with E-state index in [0.717, 1.165) is 5.75 Å². The van der Waals surface area contributed by atoms with Gasteiger partial charge in [-0.25, -0.2) is 0 Å². The Hall–Kier alpha value is -0.180. The van der Waals surface area contributed by atoms with E-state index in [-0.39, 0.29) is 5.97 Å². The van der Waals surface area contributed by atoms with Crippen molar-refractivity contribution in [1.82, 2.24) is 0 Å². The van der Waals surface area contributed by atoms with Gasteiger partial charge in [-0.2, -0.15) is 11.8 Å². The number of hydrogen-bond acceptors (Lipinski definition) is 3. The average molecular weight is 204 g/mol. The maximum atomic E-state index is 10.9. The number of hydrogen-bond donors (Lipinski definition) is 0. The summed E-state index contributed by atoms with van der Waals surface area (Å²) in [5.74, 6) is 2.01. The van der Waals surface area contributed by atoms with Crippen LogP contribution in [0.25, 0.3) is 0 Å². The Bertz CT molecular complexity index is 126. The van der Waals surface area contributed by atoms with Gasteiger partial charge >= 0.3 is 5.97 Å². The van der Waals surface area contributed by atoms with Crippen molar-refractivity contribution in [2.24, 2.45) is 0 Å². The minimum Gasteiger partial charge on any atom is -0.466 e. The summed E-state index contributed by atoms with van der Waals surface area (Å²) in [6, 6.07) is 0. The van der Waals surface area contributed by atoms with Crippen molar-refractivity contribution in [3.63, 3.8) is 0 Å². The van der Waals surface area contributed by atoms with Crippen LogP contribution in [-0.2, 0) is 9.53 Å². The molecule has 0 aromatic rings. The number of unbranched alkanes of at least 4 members (excludes halogenated alkanes) is 2. The molecular formula is C10H20O2S. The molecule has 0 saturated heterocycles. The van der Waals surface area contributed by atoms with Crippen molar-refractivity contribution >= 4 is 17.7 Å². The van der Waals surface area contributed by atoms with Crippen molar-refractivity contribution in [3.8, 4) is 0 Å². The van der Waals surface area contributed by atoms with Crippen LogP contribution in [0, 0.1) is 0 Å². The molecule has 0 spiro atoms. The quantitative estimate of drug-likeness (QED) is 0.449. The van der Waals surface area contributed by atoms with E-state index < -0.39 is 0 Å². The lowest BCUT2D eigenvalue weighted by Crippen LogP contribution is -2.04. The van der Waals surface area contributed by atoms with E-state index in [2.05, 4.69) is 6.92 Å². The van der Waals surface area contributed by atoms with Crippen molar-refractivity contribution in [3.05, 3.63) is 0 Å². The Balaban J connectivity index is 3.02. The highest BCUT2D eigenvalue weighted by Gasteiger charge is 2.00. The fourth-order valence-corrected chi connectivity index (χ4v) is 1.87. The normalized spacial score (nSPS) is 10.0. The van der Waals surface area contributed by atoms with Gasteiger partial charge in [0, 0.05) is 5.75 Å². The standard InChI is InChI=1S/C10H20O2S/c1-3-5-6-8-13-9-7-10(11)12-4-2/h3-9H2,1-2H3. The number of carbonyl (C=O) groups excluding carboxylic acids is 1. The largest absolute Gasteiger partial charge is 0.466 e. The van der Waals surface area contributed by atoms with Crippen LogP contribution in [0.15, 0.2) is 0 Å². The minimum absolute atomic E-state index is 0.0644. The van der Waals surface area contributed by atoms with E-state index in [1.54, 1.807) is 0 Å². The predicted octanol–water partition coefficient (Wildman–Crippen LogP) is 2.86. The summed E-state index contributed by atoms with van der Waals surface area (Å²) in [6.07, 6.45) is 4.39. The summed E-state index contributed by atoms with van der Waals surface area (Å²) >= 11 is 1.85. The first kappa shape index (κ1) is 12.8. The zero-order valence-electron chi connectivity index (χ0n) is 8.67. The monoisotopic (exact) mass is 204 g/mol. The van der Waals surface area contributed by atoms with Gasteiger partial charge in [0.2, 0.25) is 0 Å². The summed E-state index contributed by atoms with van der Waals surface area (Å²) in [4.78, 5) is 10.9. The Morgan fingerprint density at radius 3 is 2.62 bits per heavy atom.